The van der Waals surface area contributed by atoms with Crippen LogP contribution in [0.2, 0.25) is 0 Å². The van der Waals surface area contributed by atoms with Crippen LogP contribution in [0.15, 0.2) is 18.3 Å². The monoisotopic (exact) mass is 179 g/mol. The summed E-state index contributed by atoms with van der Waals surface area (Å²) in [6.45, 7) is 1.24. The zero-order valence-corrected chi connectivity index (χ0v) is 6.97. The summed E-state index contributed by atoms with van der Waals surface area (Å²) in [5, 5.41) is 0. The number of hydrogen-bond donors (Lipinski definition) is 0. The highest BCUT2D eigenvalue weighted by Crippen LogP contribution is 2.12. The fraction of sp³-hybridized carbons (Fsp3) is 0.333. The molecule has 2 heterocycles. The molecular formula is C9H9NO3. The Kier molecular flexibility index (Phi) is 2.23. The Morgan fingerprint density at radius 1 is 1.54 bits per heavy atom. The second-order valence-corrected chi connectivity index (χ2v) is 2.82. The van der Waals surface area contributed by atoms with Gasteiger partial charge < -0.3 is 9.47 Å². The summed E-state index contributed by atoms with van der Waals surface area (Å²) >= 11 is 0. The Hall–Kier alpha value is -1.42. The molecule has 0 unspecified atom stereocenters. The van der Waals surface area contributed by atoms with Gasteiger partial charge in [0.2, 0.25) is 5.88 Å². The van der Waals surface area contributed by atoms with E-state index in [0.29, 0.717) is 24.7 Å². The van der Waals surface area contributed by atoms with Crippen LogP contribution in [-0.4, -0.2) is 30.6 Å². The van der Waals surface area contributed by atoms with Gasteiger partial charge in [-0.15, -0.1) is 0 Å². The Labute approximate surface area is 75.5 Å². The van der Waals surface area contributed by atoms with Crippen molar-refractivity contribution in [2.45, 2.75) is 6.10 Å². The standard InChI is InChI=1S/C9H9NO3/c11-4-7-1-2-9(10-3-7)13-8-5-12-6-8/h1-4,8H,5-6H2. The van der Waals surface area contributed by atoms with E-state index in [4.69, 9.17) is 9.47 Å². The molecule has 0 radical (unpaired) electrons. The number of hydrogen-bond acceptors (Lipinski definition) is 4. The third kappa shape index (κ3) is 1.84. The summed E-state index contributed by atoms with van der Waals surface area (Å²) in [4.78, 5) is 14.3. The Bertz CT molecular complexity index is 292. The molecule has 1 aromatic heterocycles. The molecular weight excluding hydrogens is 170 g/mol. The predicted octanol–water partition coefficient (Wildman–Crippen LogP) is 0.672. The van der Waals surface area contributed by atoms with Gasteiger partial charge in [-0.25, -0.2) is 4.98 Å². The van der Waals surface area contributed by atoms with Crippen molar-refractivity contribution in [3.8, 4) is 5.88 Å². The lowest BCUT2D eigenvalue weighted by atomic mass is 10.3. The van der Waals surface area contributed by atoms with E-state index in [2.05, 4.69) is 4.98 Å². The van der Waals surface area contributed by atoms with Crippen LogP contribution in [0, 0.1) is 0 Å². The molecule has 0 bridgehead atoms. The fourth-order valence-electron chi connectivity index (χ4n) is 0.984. The number of ether oxygens (including phenoxy) is 2. The smallest absolute Gasteiger partial charge is 0.213 e. The summed E-state index contributed by atoms with van der Waals surface area (Å²) in [6.07, 6.45) is 2.36. The molecule has 0 saturated carbocycles. The highest BCUT2D eigenvalue weighted by atomic mass is 16.6. The Morgan fingerprint density at radius 3 is 2.85 bits per heavy atom. The van der Waals surface area contributed by atoms with Gasteiger partial charge in [0.25, 0.3) is 0 Å². The van der Waals surface area contributed by atoms with Crippen molar-refractivity contribution in [1.29, 1.82) is 0 Å². The molecule has 0 amide bonds. The van der Waals surface area contributed by atoms with Crippen molar-refractivity contribution >= 4 is 6.29 Å². The molecule has 0 aliphatic carbocycles. The van der Waals surface area contributed by atoms with Crippen LogP contribution >= 0.6 is 0 Å². The van der Waals surface area contributed by atoms with E-state index < -0.39 is 0 Å². The number of aldehydes is 1. The van der Waals surface area contributed by atoms with Crippen LogP contribution in [0.1, 0.15) is 10.4 Å². The average molecular weight is 179 g/mol. The lowest BCUT2D eigenvalue weighted by Gasteiger charge is -2.25. The van der Waals surface area contributed by atoms with Crippen molar-refractivity contribution in [3.05, 3.63) is 23.9 Å². The van der Waals surface area contributed by atoms with Gasteiger partial charge in [0, 0.05) is 17.8 Å². The first-order valence-corrected chi connectivity index (χ1v) is 4.04. The van der Waals surface area contributed by atoms with E-state index in [9.17, 15) is 4.79 Å². The molecule has 1 aliphatic heterocycles. The van der Waals surface area contributed by atoms with Gasteiger partial charge in [0.15, 0.2) is 6.29 Å². The first-order valence-electron chi connectivity index (χ1n) is 4.04. The number of pyridine rings is 1. The molecule has 1 aromatic rings. The molecule has 1 aliphatic rings. The summed E-state index contributed by atoms with van der Waals surface area (Å²) in [5.41, 5.74) is 0.553. The maximum absolute atomic E-state index is 10.3. The summed E-state index contributed by atoms with van der Waals surface area (Å²) in [7, 11) is 0. The predicted molar refractivity (Wildman–Crippen MR) is 44.9 cm³/mol. The van der Waals surface area contributed by atoms with Crippen LogP contribution in [0.5, 0.6) is 5.88 Å². The largest absolute Gasteiger partial charge is 0.469 e. The molecule has 13 heavy (non-hydrogen) atoms. The van der Waals surface area contributed by atoms with E-state index in [1.165, 1.54) is 6.20 Å². The first-order chi connectivity index (χ1) is 6.38. The van der Waals surface area contributed by atoms with Crippen molar-refractivity contribution < 1.29 is 14.3 Å². The van der Waals surface area contributed by atoms with Crippen LogP contribution in [0.4, 0.5) is 0 Å². The Balaban J connectivity index is 2.00. The van der Waals surface area contributed by atoms with E-state index in [-0.39, 0.29) is 6.10 Å². The molecule has 2 rings (SSSR count). The van der Waals surface area contributed by atoms with Gasteiger partial charge in [-0.05, 0) is 6.07 Å². The summed E-state index contributed by atoms with van der Waals surface area (Å²) in [5.74, 6) is 0.541. The van der Waals surface area contributed by atoms with Crippen molar-refractivity contribution in [3.63, 3.8) is 0 Å². The summed E-state index contributed by atoms with van der Waals surface area (Å²) < 4.78 is 10.3. The highest BCUT2D eigenvalue weighted by Gasteiger charge is 2.20. The molecule has 0 aromatic carbocycles. The molecule has 1 fully saturated rings. The van der Waals surface area contributed by atoms with Crippen LogP contribution in [0.25, 0.3) is 0 Å². The SMILES string of the molecule is O=Cc1ccc(OC2COC2)nc1. The van der Waals surface area contributed by atoms with Crippen molar-refractivity contribution in [1.82, 2.24) is 4.98 Å². The minimum Gasteiger partial charge on any atom is -0.469 e. The molecule has 4 heteroatoms. The van der Waals surface area contributed by atoms with Crippen molar-refractivity contribution in [2.75, 3.05) is 13.2 Å². The van der Waals surface area contributed by atoms with E-state index >= 15 is 0 Å². The van der Waals surface area contributed by atoms with E-state index in [0.717, 1.165) is 6.29 Å². The van der Waals surface area contributed by atoms with Gasteiger partial charge in [0.1, 0.15) is 6.10 Å². The third-order valence-electron chi connectivity index (χ3n) is 1.79. The van der Waals surface area contributed by atoms with Gasteiger partial charge in [-0.1, -0.05) is 0 Å². The van der Waals surface area contributed by atoms with E-state index in [1.54, 1.807) is 12.1 Å². The summed E-state index contributed by atoms with van der Waals surface area (Å²) in [6, 6.07) is 3.36. The van der Waals surface area contributed by atoms with E-state index in [1.807, 2.05) is 0 Å². The number of nitrogens with zero attached hydrogens (tertiary/aromatic N) is 1. The minimum atomic E-state index is 0.120. The fourth-order valence-corrected chi connectivity index (χ4v) is 0.984. The highest BCUT2D eigenvalue weighted by molar-refractivity contribution is 5.73. The first kappa shape index (κ1) is 8.19. The minimum absolute atomic E-state index is 0.120. The second-order valence-electron chi connectivity index (χ2n) is 2.82. The quantitative estimate of drug-likeness (QED) is 0.640. The third-order valence-corrected chi connectivity index (χ3v) is 1.79. The number of aromatic nitrogens is 1. The molecule has 68 valence electrons. The van der Waals surface area contributed by atoms with Crippen LogP contribution in [-0.2, 0) is 4.74 Å². The van der Waals surface area contributed by atoms with Crippen LogP contribution < -0.4 is 4.74 Å². The second kappa shape index (κ2) is 3.53. The number of rotatable bonds is 3. The topological polar surface area (TPSA) is 48.4 Å². The lowest BCUT2D eigenvalue weighted by Crippen LogP contribution is -2.38. The average Bonchev–Trinajstić information content (AvgIpc) is 2.12. The number of carbonyl (C=O) groups excluding carboxylic acids is 1. The number of carbonyl (C=O) groups is 1. The van der Waals surface area contributed by atoms with Gasteiger partial charge in [0.05, 0.1) is 13.2 Å². The van der Waals surface area contributed by atoms with Gasteiger partial charge in [-0.3, -0.25) is 4.79 Å². The Morgan fingerprint density at radius 2 is 2.38 bits per heavy atom. The normalized spacial score (nSPS) is 16.3. The zero-order chi connectivity index (χ0) is 9.10. The maximum atomic E-state index is 10.3. The van der Waals surface area contributed by atoms with Gasteiger partial charge >= 0.3 is 0 Å². The molecule has 0 N–H and O–H groups in total. The van der Waals surface area contributed by atoms with Gasteiger partial charge in [-0.2, -0.15) is 0 Å². The lowest BCUT2D eigenvalue weighted by molar-refractivity contribution is -0.0813. The molecule has 4 nitrogen and oxygen atoms in total. The molecule has 1 saturated heterocycles. The molecule has 0 atom stereocenters. The maximum Gasteiger partial charge on any atom is 0.213 e. The van der Waals surface area contributed by atoms with Crippen molar-refractivity contribution in [2.24, 2.45) is 0 Å². The van der Waals surface area contributed by atoms with Crippen LogP contribution in [0.3, 0.4) is 0 Å². The zero-order valence-electron chi connectivity index (χ0n) is 6.97. The molecule has 0 spiro atoms.